The standard InChI is InChI=1S/C12H17NO5/c1-16-6-8-7(10(13)12(14)15)4-5-9(17-2)11(8)18-3/h4-5,10H,6,13H2,1-3H3,(H,14,15). The van der Waals surface area contributed by atoms with Crippen molar-refractivity contribution < 1.29 is 24.1 Å². The molecule has 0 heterocycles. The van der Waals surface area contributed by atoms with Gasteiger partial charge in [-0.05, 0) is 11.6 Å². The Hall–Kier alpha value is -1.79. The number of carboxylic acids is 1. The second-order valence-corrected chi connectivity index (χ2v) is 3.62. The summed E-state index contributed by atoms with van der Waals surface area (Å²) >= 11 is 0. The van der Waals surface area contributed by atoms with Gasteiger partial charge in [0.15, 0.2) is 11.5 Å². The third-order valence-corrected chi connectivity index (χ3v) is 2.57. The topological polar surface area (TPSA) is 91.0 Å². The maximum Gasteiger partial charge on any atom is 0.325 e. The van der Waals surface area contributed by atoms with E-state index < -0.39 is 12.0 Å². The monoisotopic (exact) mass is 255 g/mol. The van der Waals surface area contributed by atoms with Crippen LogP contribution in [0.5, 0.6) is 11.5 Å². The van der Waals surface area contributed by atoms with Gasteiger partial charge in [-0.1, -0.05) is 6.07 Å². The molecule has 1 aromatic rings. The highest BCUT2D eigenvalue weighted by atomic mass is 16.5. The summed E-state index contributed by atoms with van der Waals surface area (Å²) in [5.41, 5.74) is 6.66. The summed E-state index contributed by atoms with van der Waals surface area (Å²) in [6.07, 6.45) is 0. The minimum absolute atomic E-state index is 0.191. The fraction of sp³-hybridized carbons (Fsp3) is 0.417. The van der Waals surface area contributed by atoms with Crippen LogP contribution < -0.4 is 15.2 Å². The molecule has 0 aromatic heterocycles. The summed E-state index contributed by atoms with van der Waals surface area (Å²) in [7, 11) is 4.49. The molecule has 0 aliphatic rings. The Labute approximate surface area is 105 Å². The van der Waals surface area contributed by atoms with Crippen molar-refractivity contribution in [3.8, 4) is 11.5 Å². The summed E-state index contributed by atoms with van der Waals surface area (Å²) in [6.45, 7) is 0.191. The zero-order valence-corrected chi connectivity index (χ0v) is 10.6. The van der Waals surface area contributed by atoms with E-state index in [1.54, 1.807) is 12.1 Å². The van der Waals surface area contributed by atoms with Gasteiger partial charge in [-0.3, -0.25) is 4.79 Å². The predicted molar refractivity (Wildman–Crippen MR) is 64.8 cm³/mol. The molecule has 3 N–H and O–H groups in total. The lowest BCUT2D eigenvalue weighted by atomic mass is 9.99. The van der Waals surface area contributed by atoms with Gasteiger partial charge in [0.25, 0.3) is 0 Å². The molecule has 0 bridgehead atoms. The van der Waals surface area contributed by atoms with Gasteiger partial charge in [0.05, 0.1) is 20.8 Å². The maximum absolute atomic E-state index is 11.0. The molecule has 0 amide bonds. The third-order valence-electron chi connectivity index (χ3n) is 2.57. The lowest BCUT2D eigenvalue weighted by molar-refractivity contribution is -0.138. The van der Waals surface area contributed by atoms with Crippen molar-refractivity contribution in [3.05, 3.63) is 23.3 Å². The highest BCUT2D eigenvalue weighted by Crippen LogP contribution is 2.35. The van der Waals surface area contributed by atoms with Crippen molar-refractivity contribution in [1.29, 1.82) is 0 Å². The van der Waals surface area contributed by atoms with Crippen molar-refractivity contribution >= 4 is 5.97 Å². The van der Waals surface area contributed by atoms with E-state index in [1.807, 2.05) is 0 Å². The number of hydrogen-bond donors (Lipinski definition) is 2. The van der Waals surface area contributed by atoms with E-state index in [-0.39, 0.29) is 6.61 Å². The van der Waals surface area contributed by atoms with Crippen molar-refractivity contribution in [2.24, 2.45) is 5.73 Å². The molecule has 0 saturated carbocycles. The predicted octanol–water partition coefficient (Wildman–Crippen LogP) is 0.935. The Bertz CT molecular complexity index is 433. The molecule has 1 rings (SSSR count). The van der Waals surface area contributed by atoms with Gasteiger partial charge in [-0.15, -0.1) is 0 Å². The van der Waals surface area contributed by atoms with Crippen LogP contribution in [0.4, 0.5) is 0 Å². The summed E-state index contributed by atoms with van der Waals surface area (Å²) in [5, 5.41) is 8.98. The van der Waals surface area contributed by atoms with Crippen LogP contribution in [0.2, 0.25) is 0 Å². The first-order valence-electron chi connectivity index (χ1n) is 5.27. The summed E-state index contributed by atoms with van der Waals surface area (Å²) in [6, 6.07) is 2.10. The first kappa shape index (κ1) is 14.3. The van der Waals surface area contributed by atoms with Crippen molar-refractivity contribution in [2.75, 3.05) is 21.3 Å². The number of rotatable bonds is 6. The van der Waals surface area contributed by atoms with E-state index in [0.29, 0.717) is 22.6 Å². The first-order chi connectivity index (χ1) is 8.56. The molecule has 0 aliphatic carbocycles. The molecular formula is C12H17NO5. The van der Waals surface area contributed by atoms with Crippen LogP contribution in [0, 0.1) is 0 Å². The van der Waals surface area contributed by atoms with E-state index in [4.69, 9.17) is 25.1 Å². The summed E-state index contributed by atoms with van der Waals surface area (Å²) in [4.78, 5) is 11.0. The SMILES string of the molecule is COCc1c(C(N)C(=O)O)ccc(OC)c1OC. The number of aliphatic carboxylic acids is 1. The number of hydrogen-bond acceptors (Lipinski definition) is 5. The van der Waals surface area contributed by atoms with Gasteiger partial charge in [-0.2, -0.15) is 0 Å². The van der Waals surface area contributed by atoms with Gasteiger partial charge in [0.2, 0.25) is 0 Å². The number of carbonyl (C=O) groups is 1. The zero-order chi connectivity index (χ0) is 13.7. The number of ether oxygens (including phenoxy) is 3. The summed E-state index contributed by atoms with van der Waals surface area (Å²) < 4.78 is 15.4. The van der Waals surface area contributed by atoms with E-state index in [0.717, 1.165) is 0 Å². The Morgan fingerprint density at radius 2 is 2.00 bits per heavy atom. The second-order valence-electron chi connectivity index (χ2n) is 3.62. The number of nitrogens with two attached hydrogens (primary N) is 1. The van der Waals surface area contributed by atoms with E-state index >= 15 is 0 Å². The largest absolute Gasteiger partial charge is 0.493 e. The molecule has 0 saturated heterocycles. The fourth-order valence-electron chi connectivity index (χ4n) is 1.72. The minimum Gasteiger partial charge on any atom is -0.493 e. The Kier molecular flexibility index (Phi) is 4.94. The minimum atomic E-state index is -1.13. The van der Waals surface area contributed by atoms with Crippen LogP contribution in [0.1, 0.15) is 17.2 Å². The van der Waals surface area contributed by atoms with Crippen LogP contribution in [-0.4, -0.2) is 32.4 Å². The molecule has 1 aromatic carbocycles. The highest BCUT2D eigenvalue weighted by Gasteiger charge is 2.23. The van der Waals surface area contributed by atoms with Crippen molar-refractivity contribution in [1.82, 2.24) is 0 Å². The normalized spacial score (nSPS) is 12.0. The van der Waals surface area contributed by atoms with Crippen LogP contribution in [0.25, 0.3) is 0 Å². The molecule has 1 unspecified atom stereocenters. The van der Waals surface area contributed by atoms with Crippen LogP contribution >= 0.6 is 0 Å². The second kappa shape index (κ2) is 6.23. The van der Waals surface area contributed by atoms with E-state index in [1.165, 1.54) is 21.3 Å². The lowest BCUT2D eigenvalue weighted by Gasteiger charge is -2.18. The van der Waals surface area contributed by atoms with Gasteiger partial charge in [0.1, 0.15) is 6.04 Å². The Morgan fingerprint density at radius 3 is 2.44 bits per heavy atom. The Balaban J connectivity index is 3.38. The number of methoxy groups -OCH3 is 3. The molecule has 6 nitrogen and oxygen atoms in total. The van der Waals surface area contributed by atoms with E-state index in [9.17, 15) is 4.79 Å². The zero-order valence-electron chi connectivity index (χ0n) is 10.6. The van der Waals surface area contributed by atoms with Gasteiger partial charge in [-0.25, -0.2) is 0 Å². The summed E-state index contributed by atoms with van der Waals surface area (Å²) in [5.74, 6) is -0.168. The molecule has 100 valence electrons. The highest BCUT2D eigenvalue weighted by molar-refractivity contribution is 5.76. The number of benzene rings is 1. The maximum atomic E-state index is 11.0. The lowest BCUT2D eigenvalue weighted by Crippen LogP contribution is -2.22. The molecule has 6 heteroatoms. The van der Waals surface area contributed by atoms with Crippen LogP contribution in [-0.2, 0) is 16.1 Å². The third kappa shape index (κ3) is 2.72. The molecule has 0 spiro atoms. The number of carboxylic acid groups (broad SMARTS) is 1. The van der Waals surface area contributed by atoms with Gasteiger partial charge >= 0.3 is 5.97 Å². The molecular weight excluding hydrogens is 238 g/mol. The van der Waals surface area contributed by atoms with E-state index in [2.05, 4.69) is 0 Å². The molecule has 0 fully saturated rings. The van der Waals surface area contributed by atoms with Crippen molar-refractivity contribution in [2.45, 2.75) is 12.6 Å². The molecule has 0 aliphatic heterocycles. The van der Waals surface area contributed by atoms with Gasteiger partial charge < -0.3 is 25.1 Å². The Morgan fingerprint density at radius 1 is 1.33 bits per heavy atom. The van der Waals surface area contributed by atoms with Gasteiger partial charge in [0, 0.05) is 12.7 Å². The molecule has 0 radical (unpaired) electrons. The first-order valence-corrected chi connectivity index (χ1v) is 5.27. The average Bonchev–Trinajstić information content (AvgIpc) is 2.37. The van der Waals surface area contributed by atoms with Crippen molar-refractivity contribution in [3.63, 3.8) is 0 Å². The smallest absolute Gasteiger partial charge is 0.325 e. The molecule has 1 atom stereocenters. The average molecular weight is 255 g/mol. The fourth-order valence-corrected chi connectivity index (χ4v) is 1.72. The molecule has 18 heavy (non-hydrogen) atoms. The van der Waals surface area contributed by atoms with Crippen LogP contribution in [0.3, 0.4) is 0 Å². The van der Waals surface area contributed by atoms with Crippen LogP contribution in [0.15, 0.2) is 12.1 Å². The quantitative estimate of drug-likeness (QED) is 0.786.